The van der Waals surface area contributed by atoms with Crippen molar-refractivity contribution in [3.63, 3.8) is 0 Å². The van der Waals surface area contributed by atoms with Crippen molar-refractivity contribution < 1.29 is 0 Å². The third-order valence-electron chi connectivity index (χ3n) is 15.5. The Balaban J connectivity index is 1.16. The highest BCUT2D eigenvalue weighted by Gasteiger charge is 2.47. The zero-order chi connectivity index (χ0) is 41.8. The summed E-state index contributed by atoms with van der Waals surface area (Å²) in [7, 11) is 0. The topological polar surface area (TPSA) is 8.17 Å². The first-order chi connectivity index (χ1) is 29.9. The Morgan fingerprint density at radius 3 is 1.87 bits per heavy atom. The van der Waals surface area contributed by atoms with E-state index in [1.54, 1.807) is 0 Å². The van der Waals surface area contributed by atoms with Crippen LogP contribution >= 0.6 is 11.3 Å². The highest BCUT2D eigenvalue weighted by atomic mass is 32.1. The second-order valence-corrected chi connectivity index (χ2v) is 21.6. The molecule has 2 aliphatic heterocycles. The second kappa shape index (κ2) is 11.4. The molecular formula is C58H45BN2S. The highest BCUT2D eigenvalue weighted by molar-refractivity contribution is 7.25. The maximum Gasteiger partial charge on any atom is 0.333 e. The van der Waals surface area contributed by atoms with Crippen LogP contribution in [0.4, 0.5) is 11.4 Å². The summed E-state index contributed by atoms with van der Waals surface area (Å²) in [5.41, 5.74) is 24.1. The van der Waals surface area contributed by atoms with E-state index >= 15 is 0 Å². The van der Waals surface area contributed by atoms with Gasteiger partial charge in [-0.2, -0.15) is 0 Å². The third kappa shape index (κ3) is 4.22. The Morgan fingerprint density at radius 2 is 1.15 bits per heavy atom. The summed E-state index contributed by atoms with van der Waals surface area (Å²) in [4.78, 5) is 2.72. The molecule has 4 heteroatoms. The van der Waals surface area contributed by atoms with Crippen LogP contribution in [0.1, 0.15) is 76.3 Å². The molecule has 2 nitrogen and oxygen atoms in total. The van der Waals surface area contributed by atoms with E-state index in [9.17, 15) is 0 Å². The van der Waals surface area contributed by atoms with Crippen LogP contribution in [0.2, 0.25) is 0 Å². The van der Waals surface area contributed by atoms with Crippen molar-refractivity contribution in [1.82, 2.24) is 4.57 Å². The molecule has 4 aliphatic rings. The van der Waals surface area contributed by atoms with Crippen LogP contribution in [0.5, 0.6) is 0 Å². The van der Waals surface area contributed by atoms with E-state index in [2.05, 4.69) is 203 Å². The van der Waals surface area contributed by atoms with Crippen LogP contribution in [0.15, 0.2) is 146 Å². The van der Waals surface area contributed by atoms with Crippen LogP contribution in [-0.4, -0.2) is 11.4 Å². The van der Waals surface area contributed by atoms with E-state index in [4.69, 9.17) is 0 Å². The van der Waals surface area contributed by atoms with Crippen LogP contribution < -0.4 is 15.7 Å². The predicted octanol–water partition coefficient (Wildman–Crippen LogP) is 14.3. The third-order valence-corrected chi connectivity index (χ3v) is 16.7. The quantitative estimate of drug-likeness (QED) is 0.150. The predicted molar refractivity (Wildman–Crippen MR) is 267 cm³/mol. The van der Waals surface area contributed by atoms with Crippen molar-refractivity contribution in [3.8, 4) is 39.1 Å². The molecule has 0 bridgehead atoms. The molecule has 0 unspecified atom stereocenters. The summed E-state index contributed by atoms with van der Waals surface area (Å²) >= 11 is 1.91. The van der Waals surface area contributed by atoms with Gasteiger partial charge in [-0.25, -0.2) is 0 Å². The monoisotopic (exact) mass is 812 g/mol. The number of thiophene rings is 1. The number of benzene rings is 8. The lowest BCUT2D eigenvalue weighted by Crippen LogP contribution is -2.60. The summed E-state index contributed by atoms with van der Waals surface area (Å²) in [5, 5.41) is 5.32. The van der Waals surface area contributed by atoms with Crippen molar-refractivity contribution in [2.75, 3.05) is 4.81 Å². The summed E-state index contributed by atoms with van der Waals surface area (Å²) in [6.45, 7) is 16.6. The molecule has 4 heterocycles. The highest BCUT2D eigenvalue weighted by Crippen LogP contribution is 2.55. The molecule has 2 aromatic heterocycles. The van der Waals surface area contributed by atoms with E-state index < -0.39 is 0 Å². The van der Waals surface area contributed by atoms with Crippen molar-refractivity contribution in [2.24, 2.45) is 0 Å². The molecule has 0 saturated heterocycles. The number of aromatic nitrogens is 1. The van der Waals surface area contributed by atoms with Crippen LogP contribution in [0.25, 0.3) is 81.0 Å². The van der Waals surface area contributed by atoms with Crippen LogP contribution in [-0.2, 0) is 16.2 Å². The zero-order valence-electron chi connectivity index (χ0n) is 36.2. The normalized spacial score (nSPS) is 15.9. The van der Waals surface area contributed by atoms with Crippen LogP contribution in [0, 0.1) is 0 Å². The number of anilines is 2. The Bertz CT molecular complexity index is 3680. The first-order valence-corrected chi connectivity index (χ1v) is 23.1. The Labute approximate surface area is 367 Å². The van der Waals surface area contributed by atoms with Gasteiger partial charge < -0.3 is 9.38 Å². The molecule has 2 aliphatic carbocycles. The molecule has 62 heavy (non-hydrogen) atoms. The molecule has 0 saturated carbocycles. The van der Waals surface area contributed by atoms with Gasteiger partial charge in [-0.3, -0.25) is 0 Å². The maximum absolute atomic E-state index is 2.72. The molecule has 0 radical (unpaired) electrons. The van der Waals surface area contributed by atoms with Gasteiger partial charge in [0.2, 0.25) is 0 Å². The SMILES string of the molecule is CC(C)(C)c1ccc(N2B3c4cc5c(cc4-n4c6cc7c(cc6c6ccc(c3c64)-c3cc4sc6ccccc6c4cc32)-c2ccccc2C7(C)C)-c2ccccc2C5(C)C)cc1. The molecule has 10 aromatic rings. The number of hydrogen-bond acceptors (Lipinski definition) is 2. The van der Waals surface area contributed by atoms with E-state index in [-0.39, 0.29) is 23.1 Å². The largest absolute Gasteiger partial charge is 0.376 e. The molecule has 8 aromatic carbocycles. The molecule has 0 fully saturated rings. The fourth-order valence-electron chi connectivity index (χ4n) is 12.4. The van der Waals surface area contributed by atoms with Crippen molar-refractivity contribution in [3.05, 3.63) is 173 Å². The first kappa shape index (κ1) is 35.3. The number of hydrogen-bond donors (Lipinski definition) is 0. The summed E-state index contributed by atoms with van der Waals surface area (Å²) in [6, 6.07) is 56.9. The molecule has 0 spiro atoms. The summed E-state index contributed by atoms with van der Waals surface area (Å²) in [5.74, 6) is 0. The smallest absolute Gasteiger partial charge is 0.333 e. The lowest BCUT2D eigenvalue weighted by molar-refractivity contribution is 0.590. The number of rotatable bonds is 1. The molecule has 0 N–H and O–H groups in total. The van der Waals surface area contributed by atoms with Gasteiger partial charge in [-0.05, 0) is 121 Å². The van der Waals surface area contributed by atoms with Gasteiger partial charge in [0.15, 0.2) is 0 Å². The minimum atomic E-state index is -0.140. The van der Waals surface area contributed by atoms with Gasteiger partial charge in [0.05, 0.1) is 11.0 Å². The van der Waals surface area contributed by atoms with Gasteiger partial charge in [-0.1, -0.05) is 146 Å². The molecular weight excluding hydrogens is 768 g/mol. The average molecular weight is 813 g/mol. The lowest BCUT2D eigenvalue weighted by Gasteiger charge is -2.42. The van der Waals surface area contributed by atoms with Crippen molar-refractivity contribution >= 4 is 82.5 Å². The Hall–Kier alpha value is -6.36. The molecule has 14 rings (SSSR count). The number of nitrogens with zero attached hydrogens (tertiary/aromatic N) is 2. The molecule has 0 atom stereocenters. The van der Waals surface area contributed by atoms with E-state index in [1.165, 1.54) is 131 Å². The average Bonchev–Trinajstić information content (AvgIpc) is 3.94. The zero-order valence-corrected chi connectivity index (χ0v) is 37.1. The van der Waals surface area contributed by atoms with Gasteiger partial charge in [0, 0.05) is 64.4 Å². The summed E-state index contributed by atoms with van der Waals surface area (Å²) < 4.78 is 5.36. The first-order valence-electron chi connectivity index (χ1n) is 22.3. The Kier molecular flexibility index (Phi) is 6.46. The minimum Gasteiger partial charge on any atom is -0.376 e. The summed E-state index contributed by atoms with van der Waals surface area (Å²) in [6.07, 6.45) is 0. The maximum atomic E-state index is 2.72. The fourth-order valence-corrected chi connectivity index (χ4v) is 13.5. The fraction of sp³-hybridized carbons (Fsp3) is 0.172. The van der Waals surface area contributed by atoms with Crippen LogP contribution in [0.3, 0.4) is 0 Å². The molecule has 296 valence electrons. The van der Waals surface area contributed by atoms with Crippen molar-refractivity contribution in [1.29, 1.82) is 0 Å². The van der Waals surface area contributed by atoms with E-state index in [0.717, 1.165) is 0 Å². The van der Waals surface area contributed by atoms with Gasteiger partial charge >= 0.3 is 6.85 Å². The molecule has 0 amide bonds. The van der Waals surface area contributed by atoms with Crippen molar-refractivity contribution in [2.45, 2.75) is 64.7 Å². The van der Waals surface area contributed by atoms with Gasteiger partial charge in [-0.15, -0.1) is 11.3 Å². The van der Waals surface area contributed by atoms with E-state index in [1.807, 2.05) is 11.3 Å². The van der Waals surface area contributed by atoms with Gasteiger partial charge in [0.1, 0.15) is 0 Å². The van der Waals surface area contributed by atoms with Gasteiger partial charge in [0.25, 0.3) is 0 Å². The van der Waals surface area contributed by atoms with E-state index in [0.29, 0.717) is 0 Å². The minimum absolute atomic E-state index is 0.0493. The standard InChI is InChI=1S/C58H45BN2S/c1-56(2,3)32-20-22-33(23-21-32)61-50-28-43-36-16-10-13-19-52(36)62-53(43)29-42(50)37-24-25-38-41-26-39-34-14-8-11-17-44(34)58(6,7)47(39)31-49(41)60-51-27-40-35-15-9-12-18-45(35)57(4,5)46(40)30-48(51)59(61)54(37)55(38)60/h8-31H,1-7H3. The number of fused-ring (bicyclic) bond motifs is 17. The lowest BCUT2D eigenvalue weighted by atomic mass is 9.43. The second-order valence-electron chi connectivity index (χ2n) is 20.5. The Morgan fingerprint density at radius 1 is 0.484 bits per heavy atom.